The maximum atomic E-state index is 12.9. The molecular weight excluding hydrogens is 324 g/mol. The van der Waals surface area contributed by atoms with Crippen molar-refractivity contribution in [2.24, 2.45) is 0 Å². The van der Waals surface area contributed by atoms with Crippen LogP contribution in [0.2, 0.25) is 0 Å². The van der Waals surface area contributed by atoms with Crippen molar-refractivity contribution in [3.8, 4) is 0 Å². The van der Waals surface area contributed by atoms with Gasteiger partial charge in [0.1, 0.15) is 0 Å². The zero-order valence-electron chi connectivity index (χ0n) is 15.9. The Kier molecular flexibility index (Phi) is 7.39. The molecule has 0 aromatic heterocycles. The van der Waals surface area contributed by atoms with E-state index in [2.05, 4.69) is 12.2 Å². The molecule has 0 saturated carbocycles. The molecule has 4 nitrogen and oxygen atoms in total. The Balaban J connectivity index is 2.07. The fourth-order valence-corrected chi connectivity index (χ4v) is 2.68. The summed E-state index contributed by atoms with van der Waals surface area (Å²) < 4.78 is 0. The highest BCUT2D eigenvalue weighted by atomic mass is 16.2. The lowest BCUT2D eigenvalue weighted by molar-refractivity contribution is 0.0690. The molecule has 0 spiro atoms. The maximum Gasteiger partial charge on any atom is 0.254 e. The Hall–Kier alpha value is -2.62. The van der Waals surface area contributed by atoms with E-state index in [1.165, 1.54) is 0 Å². The van der Waals surface area contributed by atoms with Crippen molar-refractivity contribution in [1.29, 1.82) is 0 Å². The average molecular weight is 352 g/mol. The van der Waals surface area contributed by atoms with Crippen molar-refractivity contribution in [3.63, 3.8) is 0 Å². The van der Waals surface area contributed by atoms with E-state index < -0.39 is 0 Å². The number of carbonyl (C=O) groups is 2. The van der Waals surface area contributed by atoms with Gasteiger partial charge < -0.3 is 10.2 Å². The number of benzene rings is 2. The topological polar surface area (TPSA) is 49.4 Å². The quantitative estimate of drug-likeness (QED) is 0.721. The fourth-order valence-electron chi connectivity index (χ4n) is 2.68. The first-order valence-electron chi connectivity index (χ1n) is 9.26. The van der Waals surface area contributed by atoms with Gasteiger partial charge in [0.15, 0.2) is 0 Å². The molecule has 0 saturated heterocycles. The van der Waals surface area contributed by atoms with Crippen molar-refractivity contribution < 1.29 is 9.59 Å². The van der Waals surface area contributed by atoms with Gasteiger partial charge in [-0.3, -0.25) is 9.59 Å². The predicted octanol–water partition coefficient (Wildman–Crippen LogP) is 4.27. The van der Waals surface area contributed by atoms with Gasteiger partial charge in [-0.05, 0) is 50.1 Å². The lowest BCUT2D eigenvalue weighted by Crippen LogP contribution is -2.36. The Morgan fingerprint density at radius 1 is 0.962 bits per heavy atom. The smallest absolute Gasteiger partial charge is 0.254 e. The lowest BCUT2D eigenvalue weighted by atomic mass is 10.1. The summed E-state index contributed by atoms with van der Waals surface area (Å²) in [7, 11) is 0. The van der Waals surface area contributed by atoms with Crippen LogP contribution in [0.1, 0.15) is 59.9 Å². The van der Waals surface area contributed by atoms with Gasteiger partial charge >= 0.3 is 0 Å². The minimum absolute atomic E-state index is 0.0261. The van der Waals surface area contributed by atoms with Crippen LogP contribution in [0.4, 0.5) is 0 Å². The highest BCUT2D eigenvalue weighted by molar-refractivity contribution is 5.97. The van der Waals surface area contributed by atoms with Crippen LogP contribution in [0.5, 0.6) is 0 Å². The van der Waals surface area contributed by atoms with Gasteiger partial charge in [0, 0.05) is 30.3 Å². The van der Waals surface area contributed by atoms with Crippen LogP contribution >= 0.6 is 0 Å². The number of nitrogens with zero attached hydrogens (tertiary/aromatic N) is 1. The molecule has 0 atom stereocenters. The molecule has 0 radical (unpaired) electrons. The summed E-state index contributed by atoms with van der Waals surface area (Å²) in [6, 6.07) is 16.9. The van der Waals surface area contributed by atoms with Crippen LogP contribution in [0.3, 0.4) is 0 Å². The van der Waals surface area contributed by atoms with Crippen molar-refractivity contribution in [3.05, 3.63) is 71.3 Å². The van der Waals surface area contributed by atoms with E-state index in [0.29, 0.717) is 24.2 Å². The van der Waals surface area contributed by atoms with Crippen LogP contribution in [0.25, 0.3) is 0 Å². The van der Waals surface area contributed by atoms with E-state index in [0.717, 1.165) is 18.4 Å². The zero-order chi connectivity index (χ0) is 18.9. The van der Waals surface area contributed by atoms with Crippen LogP contribution in [0.15, 0.2) is 54.6 Å². The number of amides is 2. The summed E-state index contributed by atoms with van der Waals surface area (Å²) in [5, 5.41) is 2.89. The molecule has 138 valence electrons. The zero-order valence-corrected chi connectivity index (χ0v) is 15.9. The molecule has 0 bridgehead atoms. The summed E-state index contributed by atoms with van der Waals surface area (Å²) in [6.45, 7) is 7.35. The standard InChI is InChI=1S/C22H28N2O2/c1-4-5-15-23-21(25)19-11-13-20(14-12-19)22(26)24(17(2)3)16-18-9-7-6-8-10-18/h6-14,17H,4-5,15-16H2,1-3H3,(H,23,25). The molecule has 2 rings (SSSR count). The third kappa shape index (κ3) is 5.45. The van der Waals surface area contributed by atoms with Gasteiger partial charge in [-0.15, -0.1) is 0 Å². The first-order chi connectivity index (χ1) is 12.5. The van der Waals surface area contributed by atoms with Crippen LogP contribution in [-0.2, 0) is 6.54 Å². The molecule has 2 aromatic carbocycles. The Morgan fingerprint density at radius 3 is 2.15 bits per heavy atom. The van der Waals surface area contributed by atoms with Gasteiger partial charge in [0.05, 0.1) is 0 Å². The third-order valence-electron chi connectivity index (χ3n) is 4.29. The monoisotopic (exact) mass is 352 g/mol. The maximum absolute atomic E-state index is 12.9. The van der Waals surface area contributed by atoms with Crippen molar-refractivity contribution in [1.82, 2.24) is 10.2 Å². The molecule has 0 aliphatic heterocycles. The van der Waals surface area contributed by atoms with Crippen LogP contribution < -0.4 is 5.32 Å². The number of rotatable bonds is 8. The lowest BCUT2D eigenvalue weighted by Gasteiger charge is -2.27. The molecule has 4 heteroatoms. The highest BCUT2D eigenvalue weighted by Gasteiger charge is 2.19. The van der Waals surface area contributed by atoms with E-state index >= 15 is 0 Å². The van der Waals surface area contributed by atoms with Gasteiger partial charge in [-0.2, -0.15) is 0 Å². The normalized spacial score (nSPS) is 10.6. The summed E-state index contributed by atoms with van der Waals surface area (Å²) in [4.78, 5) is 26.8. The molecule has 2 amide bonds. The van der Waals surface area contributed by atoms with Gasteiger partial charge in [-0.25, -0.2) is 0 Å². The molecule has 0 heterocycles. The number of unbranched alkanes of at least 4 members (excludes halogenated alkanes) is 1. The second kappa shape index (κ2) is 9.76. The van der Waals surface area contributed by atoms with Gasteiger partial charge in [0.25, 0.3) is 11.8 Å². The Morgan fingerprint density at radius 2 is 1.58 bits per heavy atom. The number of hydrogen-bond donors (Lipinski definition) is 1. The van der Waals surface area contributed by atoms with Gasteiger partial charge in [-0.1, -0.05) is 43.7 Å². The van der Waals surface area contributed by atoms with E-state index in [1.54, 1.807) is 24.3 Å². The number of carbonyl (C=O) groups excluding carboxylic acids is 2. The second-order valence-electron chi connectivity index (χ2n) is 6.70. The van der Waals surface area contributed by atoms with E-state index in [-0.39, 0.29) is 17.9 Å². The van der Waals surface area contributed by atoms with Crippen LogP contribution in [-0.4, -0.2) is 29.3 Å². The summed E-state index contributed by atoms with van der Waals surface area (Å²) >= 11 is 0. The molecular formula is C22H28N2O2. The van der Waals surface area contributed by atoms with Crippen molar-refractivity contribution in [2.45, 2.75) is 46.2 Å². The minimum Gasteiger partial charge on any atom is -0.352 e. The molecule has 0 unspecified atom stereocenters. The first-order valence-corrected chi connectivity index (χ1v) is 9.26. The Labute approximate surface area is 156 Å². The molecule has 0 aliphatic carbocycles. The summed E-state index contributed by atoms with van der Waals surface area (Å²) in [5.74, 6) is -0.121. The van der Waals surface area contributed by atoms with E-state index in [9.17, 15) is 9.59 Å². The first kappa shape index (κ1) is 19.7. The number of hydrogen-bond acceptors (Lipinski definition) is 2. The summed E-state index contributed by atoms with van der Waals surface area (Å²) in [6.07, 6.45) is 2.01. The highest BCUT2D eigenvalue weighted by Crippen LogP contribution is 2.14. The molecule has 26 heavy (non-hydrogen) atoms. The number of nitrogens with one attached hydrogen (secondary N) is 1. The second-order valence-corrected chi connectivity index (χ2v) is 6.70. The predicted molar refractivity (Wildman–Crippen MR) is 105 cm³/mol. The summed E-state index contributed by atoms with van der Waals surface area (Å²) in [5.41, 5.74) is 2.28. The molecule has 1 N–H and O–H groups in total. The largest absolute Gasteiger partial charge is 0.352 e. The molecule has 2 aromatic rings. The minimum atomic E-state index is -0.0950. The Bertz CT molecular complexity index is 709. The van der Waals surface area contributed by atoms with Gasteiger partial charge in [0.2, 0.25) is 0 Å². The van der Waals surface area contributed by atoms with Crippen LogP contribution in [0, 0.1) is 0 Å². The van der Waals surface area contributed by atoms with Crippen molar-refractivity contribution >= 4 is 11.8 Å². The van der Waals surface area contributed by atoms with E-state index in [1.807, 2.05) is 49.1 Å². The van der Waals surface area contributed by atoms with Crippen molar-refractivity contribution in [2.75, 3.05) is 6.54 Å². The molecule has 0 aliphatic rings. The fraction of sp³-hybridized carbons (Fsp3) is 0.364. The average Bonchev–Trinajstić information content (AvgIpc) is 2.66. The SMILES string of the molecule is CCCCNC(=O)c1ccc(C(=O)N(Cc2ccccc2)C(C)C)cc1. The molecule has 0 fully saturated rings. The third-order valence-corrected chi connectivity index (χ3v) is 4.29. The van der Waals surface area contributed by atoms with E-state index in [4.69, 9.17) is 0 Å².